The van der Waals surface area contributed by atoms with Gasteiger partial charge >= 0.3 is 0 Å². The Bertz CT molecular complexity index is 433. The zero-order valence-electron chi connectivity index (χ0n) is 9.75. The number of halogens is 2. The molecule has 0 spiro atoms. The lowest BCUT2D eigenvalue weighted by Crippen LogP contribution is -2.29. The number of carbonyl (C=O) groups is 1. The molecule has 1 amide bonds. The number of likely N-dealkylation sites (tertiary alicyclic amines) is 1. The van der Waals surface area contributed by atoms with Gasteiger partial charge in [-0.05, 0) is 24.5 Å². The quantitative estimate of drug-likeness (QED) is 0.777. The summed E-state index contributed by atoms with van der Waals surface area (Å²) in [6.07, 6.45) is 1.95. The zero-order valence-corrected chi connectivity index (χ0v) is 9.75. The highest BCUT2D eigenvalue weighted by molar-refractivity contribution is 5.94. The number of carbonyl (C=O) groups excluding carboxylic acids is 1. The Morgan fingerprint density at radius 1 is 1.47 bits per heavy atom. The Hall–Kier alpha value is -1.45. The summed E-state index contributed by atoms with van der Waals surface area (Å²) >= 11 is 0. The van der Waals surface area contributed by atoms with E-state index in [1.807, 2.05) is 0 Å². The molecule has 1 atom stereocenters. The van der Waals surface area contributed by atoms with E-state index in [0.717, 1.165) is 18.9 Å². The maximum Gasteiger partial charge on any atom is 0.256 e. The molecule has 92 valence electrons. The summed E-state index contributed by atoms with van der Waals surface area (Å²) < 4.78 is 26.5. The van der Waals surface area contributed by atoms with E-state index in [-0.39, 0.29) is 5.56 Å². The van der Waals surface area contributed by atoms with Gasteiger partial charge in [0, 0.05) is 13.1 Å². The van der Waals surface area contributed by atoms with Gasteiger partial charge in [-0.25, -0.2) is 8.78 Å². The SMILES string of the molecule is CCC1CCN(C(=O)c2cccc(F)c2F)C1. The molecule has 0 N–H and O–H groups in total. The van der Waals surface area contributed by atoms with Crippen molar-refractivity contribution in [2.75, 3.05) is 13.1 Å². The predicted octanol–water partition coefficient (Wildman–Crippen LogP) is 2.84. The van der Waals surface area contributed by atoms with Crippen molar-refractivity contribution in [1.29, 1.82) is 0 Å². The van der Waals surface area contributed by atoms with E-state index in [0.29, 0.717) is 19.0 Å². The average molecular weight is 239 g/mol. The Morgan fingerprint density at radius 2 is 2.24 bits per heavy atom. The van der Waals surface area contributed by atoms with Gasteiger partial charge in [0.1, 0.15) is 0 Å². The minimum atomic E-state index is -1.04. The van der Waals surface area contributed by atoms with Gasteiger partial charge in [0.15, 0.2) is 11.6 Å². The van der Waals surface area contributed by atoms with E-state index < -0.39 is 17.5 Å². The van der Waals surface area contributed by atoms with Gasteiger partial charge in [-0.1, -0.05) is 19.4 Å². The molecule has 1 aliphatic heterocycles. The molecule has 1 aliphatic rings. The van der Waals surface area contributed by atoms with Crippen LogP contribution in [-0.4, -0.2) is 23.9 Å². The van der Waals surface area contributed by atoms with Crippen LogP contribution in [0.3, 0.4) is 0 Å². The van der Waals surface area contributed by atoms with Crippen LogP contribution in [0.5, 0.6) is 0 Å². The van der Waals surface area contributed by atoms with Gasteiger partial charge in [0.25, 0.3) is 5.91 Å². The first-order valence-corrected chi connectivity index (χ1v) is 5.86. The summed E-state index contributed by atoms with van der Waals surface area (Å²) in [6.45, 7) is 3.35. The van der Waals surface area contributed by atoms with Crippen LogP contribution < -0.4 is 0 Å². The Balaban J connectivity index is 2.18. The second kappa shape index (κ2) is 4.82. The van der Waals surface area contributed by atoms with E-state index in [2.05, 4.69) is 6.92 Å². The van der Waals surface area contributed by atoms with Crippen LogP contribution in [0.2, 0.25) is 0 Å². The summed E-state index contributed by atoms with van der Waals surface area (Å²) in [5.74, 6) is -1.94. The molecule has 1 aromatic carbocycles. The molecule has 2 nitrogen and oxygen atoms in total. The van der Waals surface area contributed by atoms with Gasteiger partial charge in [0.2, 0.25) is 0 Å². The molecule has 0 aliphatic carbocycles. The summed E-state index contributed by atoms with van der Waals surface area (Å²) in [5, 5.41) is 0. The second-order valence-corrected chi connectivity index (χ2v) is 4.42. The molecule has 1 heterocycles. The van der Waals surface area contributed by atoms with Crippen LogP contribution in [0.4, 0.5) is 8.78 Å². The number of nitrogens with zero attached hydrogens (tertiary/aromatic N) is 1. The van der Waals surface area contributed by atoms with Crippen LogP contribution in [0.15, 0.2) is 18.2 Å². The fourth-order valence-corrected chi connectivity index (χ4v) is 2.19. The fraction of sp³-hybridized carbons (Fsp3) is 0.462. The second-order valence-electron chi connectivity index (χ2n) is 4.42. The molecule has 0 bridgehead atoms. The van der Waals surface area contributed by atoms with Gasteiger partial charge in [-0.15, -0.1) is 0 Å². The molecule has 4 heteroatoms. The van der Waals surface area contributed by atoms with Crippen molar-refractivity contribution in [2.24, 2.45) is 5.92 Å². The van der Waals surface area contributed by atoms with Crippen LogP contribution in [0.25, 0.3) is 0 Å². The standard InChI is InChI=1S/C13H15F2NO/c1-2-9-6-7-16(8-9)13(17)10-4-3-5-11(14)12(10)15/h3-5,9H,2,6-8H2,1H3. The summed E-state index contributed by atoms with van der Waals surface area (Å²) in [5.41, 5.74) is -0.165. The number of hydrogen-bond acceptors (Lipinski definition) is 1. The number of amides is 1. The fourth-order valence-electron chi connectivity index (χ4n) is 2.19. The number of benzene rings is 1. The number of hydrogen-bond donors (Lipinski definition) is 0. The van der Waals surface area contributed by atoms with Crippen molar-refractivity contribution in [3.05, 3.63) is 35.4 Å². The first-order valence-electron chi connectivity index (χ1n) is 5.86. The van der Waals surface area contributed by atoms with Crippen molar-refractivity contribution in [1.82, 2.24) is 4.90 Å². The molecule has 0 radical (unpaired) electrons. The largest absolute Gasteiger partial charge is 0.338 e. The smallest absolute Gasteiger partial charge is 0.256 e. The highest BCUT2D eigenvalue weighted by atomic mass is 19.2. The molecule has 0 saturated carbocycles. The average Bonchev–Trinajstić information content (AvgIpc) is 2.80. The summed E-state index contributed by atoms with van der Waals surface area (Å²) in [7, 11) is 0. The normalized spacial score (nSPS) is 19.7. The number of rotatable bonds is 2. The van der Waals surface area contributed by atoms with E-state index in [4.69, 9.17) is 0 Å². The van der Waals surface area contributed by atoms with Crippen LogP contribution in [0, 0.1) is 17.6 Å². The van der Waals surface area contributed by atoms with Crippen molar-refractivity contribution >= 4 is 5.91 Å². The third kappa shape index (κ3) is 2.30. The lowest BCUT2D eigenvalue weighted by Gasteiger charge is -2.16. The highest BCUT2D eigenvalue weighted by Crippen LogP contribution is 2.22. The Kier molecular flexibility index (Phi) is 3.41. The third-order valence-corrected chi connectivity index (χ3v) is 3.33. The van der Waals surface area contributed by atoms with Crippen molar-refractivity contribution < 1.29 is 13.6 Å². The molecule has 2 rings (SSSR count). The maximum absolute atomic E-state index is 13.5. The first kappa shape index (κ1) is 12.0. The summed E-state index contributed by atoms with van der Waals surface area (Å²) in [4.78, 5) is 13.6. The van der Waals surface area contributed by atoms with E-state index in [1.54, 1.807) is 4.90 Å². The molecular formula is C13H15F2NO. The summed E-state index contributed by atoms with van der Waals surface area (Å²) in [6, 6.07) is 3.71. The highest BCUT2D eigenvalue weighted by Gasteiger charge is 2.27. The maximum atomic E-state index is 13.5. The van der Waals surface area contributed by atoms with Crippen LogP contribution >= 0.6 is 0 Å². The lowest BCUT2D eigenvalue weighted by molar-refractivity contribution is 0.0781. The van der Waals surface area contributed by atoms with Crippen LogP contribution in [-0.2, 0) is 0 Å². The Morgan fingerprint density at radius 3 is 2.88 bits per heavy atom. The van der Waals surface area contributed by atoms with Gasteiger partial charge < -0.3 is 4.90 Å². The van der Waals surface area contributed by atoms with E-state index in [1.165, 1.54) is 12.1 Å². The van der Waals surface area contributed by atoms with Gasteiger partial charge in [-0.3, -0.25) is 4.79 Å². The van der Waals surface area contributed by atoms with E-state index in [9.17, 15) is 13.6 Å². The van der Waals surface area contributed by atoms with Crippen molar-refractivity contribution in [2.45, 2.75) is 19.8 Å². The molecule has 1 unspecified atom stereocenters. The minimum Gasteiger partial charge on any atom is -0.338 e. The molecule has 1 fully saturated rings. The van der Waals surface area contributed by atoms with E-state index >= 15 is 0 Å². The molecule has 1 saturated heterocycles. The lowest BCUT2D eigenvalue weighted by atomic mass is 10.1. The van der Waals surface area contributed by atoms with Gasteiger partial charge in [0.05, 0.1) is 5.56 Å². The van der Waals surface area contributed by atoms with Gasteiger partial charge in [-0.2, -0.15) is 0 Å². The van der Waals surface area contributed by atoms with Crippen molar-refractivity contribution in [3.8, 4) is 0 Å². The molecule has 17 heavy (non-hydrogen) atoms. The van der Waals surface area contributed by atoms with Crippen LogP contribution in [0.1, 0.15) is 30.1 Å². The third-order valence-electron chi connectivity index (χ3n) is 3.33. The monoisotopic (exact) mass is 239 g/mol. The molecular weight excluding hydrogens is 224 g/mol. The molecule has 0 aromatic heterocycles. The Labute approximate surface area is 99.2 Å². The van der Waals surface area contributed by atoms with Crippen molar-refractivity contribution in [3.63, 3.8) is 0 Å². The molecule has 1 aromatic rings. The topological polar surface area (TPSA) is 20.3 Å². The predicted molar refractivity (Wildman–Crippen MR) is 60.7 cm³/mol. The zero-order chi connectivity index (χ0) is 12.4. The minimum absolute atomic E-state index is 0.165. The first-order chi connectivity index (χ1) is 8.13.